The standard InChI is InChI=1S/C16H26N6S/c1-12-13(2)23-15(21-12)7-9-19-16(17-3)18-8-5-6-14-10-20-22(4)11-14/h10-11H,5-9H2,1-4H3,(H2,17,18,19). The number of aromatic nitrogens is 3. The molecule has 0 saturated carbocycles. The molecule has 0 radical (unpaired) electrons. The molecule has 2 aromatic rings. The van der Waals surface area contributed by atoms with Crippen LogP contribution in [-0.2, 0) is 19.9 Å². The monoisotopic (exact) mass is 334 g/mol. The Morgan fingerprint density at radius 1 is 1.26 bits per heavy atom. The summed E-state index contributed by atoms with van der Waals surface area (Å²) in [5.41, 5.74) is 2.41. The quantitative estimate of drug-likeness (QED) is 0.461. The maximum absolute atomic E-state index is 4.55. The third-order valence-electron chi connectivity index (χ3n) is 3.62. The van der Waals surface area contributed by atoms with E-state index >= 15 is 0 Å². The summed E-state index contributed by atoms with van der Waals surface area (Å²) < 4.78 is 1.84. The van der Waals surface area contributed by atoms with Crippen molar-refractivity contribution in [1.29, 1.82) is 0 Å². The van der Waals surface area contributed by atoms with Crippen LogP contribution >= 0.6 is 11.3 Å². The topological polar surface area (TPSA) is 67.1 Å². The van der Waals surface area contributed by atoms with Crippen molar-refractivity contribution in [3.63, 3.8) is 0 Å². The second kappa shape index (κ2) is 8.67. The van der Waals surface area contributed by atoms with E-state index < -0.39 is 0 Å². The van der Waals surface area contributed by atoms with E-state index in [2.05, 4.69) is 45.8 Å². The molecule has 0 atom stereocenters. The number of guanidine groups is 1. The Morgan fingerprint density at radius 3 is 2.65 bits per heavy atom. The largest absolute Gasteiger partial charge is 0.356 e. The lowest BCUT2D eigenvalue weighted by Gasteiger charge is -2.10. The van der Waals surface area contributed by atoms with Crippen molar-refractivity contribution in [2.24, 2.45) is 12.0 Å². The average Bonchev–Trinajstić information content (AvgIpc) is 3.07. The molecular formula is C16H26N6S. The fourth-order valence-electron chi connectivity index (χ4n) is 2.25. The minimum absolute atomic E-state index is 0.842. The molecule has 23 heavy (non-hydrogen) atoms. The first-order chi connectivity index (χ1) is 11.1. The molecule has 2 heterocycles. The maximum Gasteiger partial charge on any atom is 0.190 e. The molecule has 126 valence electrons. The van der Waals surface area contributed by atoms with E-state index in [1.54, 1.807) is 18.4 Å². The Morgan fingerprint density at radius 2 is 2.04 bits per heavy atom. The molecule has 0 bridgehead atoms. The normalized spacial score (nSPS) is 11.7. The molecule has 2 N–H and O–H groups in total. The molecule has 0 amide bonds. The fraction of sp³-hybridized carbons (Fsp3) is 0.562. The van der Waals surface area contributed by atoms with E-state index in [9.17, 15) is 0 Å². The van der Waals surface area contributed by atoms with Crippen LogP contribution in [0.3, 0.4) is 0 Å². The van der Waals surface area contributed by atoms with Crippen LogP contribution in [0.25, 0.3) is 0 Å². The van der Waals surface area contributed by atoms with Crippen LogP contribution in [0, 0.1) is 13.8 Å². The van der Waals surface area contributed by atoms with Gasteiger partial charge in [-0.3, -0.25) is 9.67 Å². The summed E-state index contributed by atoms with van der Waals surface area (Å²) in [6.07, 6.45) is 6.98. The van der Waals surface area contributed by atoms with Crippen molar-refractivity contribution < 1.29 is 0 Å². The van der Waals surface area contributed by atoms with Gasteiger partial charge < -0.3 is 10.6 Å². The van der Waals surface area contributed by atoms with Gasteiger partial charge in [-0.15, -0.1) is 11.3 Å². The van der Waals surface area contributed by atoms with E-state index in [0.717, 1.165) is 44.0 Å². The van der Waals surface area contributed by atoms with Crippen LogP contribution in [0.1, 0.15) is 27.6 Å². The number of hydrogen-bond donors (Lipinski definition) is 2. The SMILES string of the molecule is CN=C(NCCCc1cnn(C)c1)NCCc1nc(C)c(C)s1. The smallest absolute Gasteiger partial charge is 0.190 e. The number of hydrogen-bond acceptors (Lipinski definition) is 4. The Bertz CT molecular complexity index is 623. The molecule has 2 rings (SSSR count). The van der Waals surface area contributed by atoms with Gasteiger partial charge >= 0.3 is 0 Å². The molecule has 7 heteroatoms. The minimum Gasteiger partial charge on any atom is -0.356 e. The zero-order chi connectivity index (χ0) is 16.7. The average molecular weight is 334 g/mol. The number of aryl methyl sites for hydroxylation is 4. The highest BCUT2D eigenvalue weighted by molar-refractivity contribution is 7.11. The van der Waals surface area contributed by atoms with Crippen LogP contribution in [0.5, 0.6) is 0 Å². The van der Waals surface area contributed by atoms with E-state index in [1.807, 2.05) is 17.9 Å². The highest BCUT2D eigenvalue weighted by atomic mass is 32.1. The second-order valence-electron chi connectivity index (χ2n) is 5.55. The molecule has 0 aliphatic carbocycles. The van der Waals surface area contributed by atoms with Crippen LogP contribution in [0.2, 0.25) is 0 Å². The number of thiazole rings is 1. The lowest BCUT2D eigenvalue weighted by molar-refractivity contribution is 0.736. The van der Waals surface area contributed by atoms with Gasteiger partial charge in [-0.1, -0.05) is 0 Å². The molecule has 2 aromatic heterocycles. The molecule has 0 aliphatic rings. The Hall–Kier alpha value is -1.89. The van der Waals surface area contributed by atoms with E-state index in [1.165, 1.54) is 15.4 Å². The highest BCUT2D eigenvalue weighted by Gasteiger charge is 2.04. The summed E-state index contributed by atoms with van der Waals surface area (Å²) in [6, 6.07) is 0. The van der Waals surface area contributed by atoms with Crippen LogP contribution in [-0.4, -0.2) is 40.9 Å². The zero-order valence-electron chi connectivity index (χ0n) is 14.4. The van der Waals surface area contributed by atoms with Gasteiger partial charge in [0, 0.05) is 44.7 Å². The molecule has 0 aromatic carbocycles. The van der Waals surface area contributed by atoms with Crippen molar-refractivity contribution in [3.8, 4) is 0 Å². The molecule has 0 aliphatic heterocycles. The summed E-state index contributed by atoms with van der Waals surface area (Å²) in [5, 5.41) is 12.0. The summed E-state index contributed by atoms with van der Waals surface area (Å²) in [4.78, 5) is 10.1. The third kappa shape index (κ3) is 5.67. The predicted molar refractivity (Wildman–Crippen MR) is 96.2 cm³/mol. The zero-order valence-corrected chi connectivity index (χ0v) is 15.2. The van der Waals surface area contributed by atoms with Crippen molar-refractivity contribution in [2.75, 3.05) is 20.1 Å². The Kier molecular flexibility index (Phi) is 6.58. The number of nitrogens with one attached hydrogen (secondary N) is 2. The van der Waals surface area contributed by atoms with E-state index in [0.29, 0.717) is 0 Å². The van der Waals surface area contributed by atoms with Crippen LogP contribution in [0.15, 0.2) is 17.4 Å². The van der Waals surface area contributed by atoms with Gasteiger partial charge in [0.05, 0.1) is 16.9 Å². The summed E-state index contributed by atoms with van der Waals surface area (Å²) in [7, 11) is 3.74. The number of nitrogens with zero attached hydrogens (tertiary/aromatic N) is 4. The Labute approximate surface area is 142 Å². The maximum atomic E-state index is 4.55. The van der Waals surface area contributed by atoms with E-state index in [4.69, 9.17) is 0 Å². The molecule has 0 saturated heterocycles. The van der Waals surface area contributed by atoms with Gasteiger partial charge in [0.2, 0.25) is 0 Å². The molecule has 0 fully saturated rings. The summed E-state index contributed by atoms with van der Waals surface area (Å²) >= 11 is 1.78. The first-order valence-corrected chi connectivity index (χ1v) is 8.75. The van der Waals surface area contributed by atoms with Crippen LogP contribution in [0.4, 0.5) is 0 Å². The van der Waals surface area contributed by atoms with Gasteiger partial charge in [0.1, 0.15) is 0 Å². The molecule has 0 unspecified atom stereocenters. The first-order valence-electron chi connectivity index (χ1n) is 7.93. The lowest BCUT2D eigenvalue weighted by Crippen LogP contribution is -2.38. The van der Waals surface area contributed by atoms with Crippen LogP contribution < -0.4 is 10.6 Å². The fourth-order valence-corrected chi connectivity index (χ4v) is 3.19. The summed E-state index contributed by atoms with van der Waals surface area (Å²) in [5.74, 6) is 0.848. The molecular weight excluding hydrogens is 308 g/mol. The van der Waals surface area contributed by atoms with Gasteiger partial charge in [-0.05, 0) is 32.3 Å². The van der Waals surface area contributed by atoms with Crippen molar-refractivity contribution >= 4 is 17.3 Å². The van der Waals surface area contributed by atoms with Crippen molar-refractivity contribution in [1.82, 2.24) is 25.4 Å². The molecule has 6 nitrogen and oxygen atoms in total. The third-order valence-corrected chi connectivity index (χ3v) is 4.75. The van der Waals surface area contributed by atoms with Crippen molar-refractivity contribution in [3.05, 3.63) is 33.5 Å². The van der Waals surface area contributed by atoms with Gasteiger partial charge in [-0.25, -0.2) is 4.98 Å². The summed E-state index contributed by atoms with van der Waals surface area (Å²) in [6.45, 7) is 5.91. The molecule has 0 spiro atoms. The van der Waals surface area contributed by atoms with Gasteiger partial charge in [0.25, 0.3) is 0 Å². The van der Waals surface area contributed by atoms with Crippen molar-refractivity contribution in [2.45, 2.75) is 33.1 Å². The number of aliphatic imine (C=N–C) groups is 1. The predicted octanol–water partition coefficient (Wildman–Crippen LogP) is 1.83. The Balaban J connectivity index is 1.63. The van der Waals surface area contributed by atoms with Gasteiger partial charge in [0.15, 0.2) is 5.96 Å². The second-order valence-corrected chi connectivity index (χ2v) is 6.84. The minimum atomic E-state index is 0.842. The van der Waals surface area contributed by atoms with Gasteiger partial charge in [-0.2, -0.15) is 5.10 Å². The first kappa shape index (κ1) is 17.5. The lowest BCUT2D eigenvalue weighted by atomic mass is 10.2. The van der Waals surface area contributed by atoms with E-state index in [-0.39, 0.29) is 0 Å². The number of rotatable bonds is 7. The highest BCUT2D eigenvalue weighted by Crippen LogP contribution is 2.16.